The van der Waals surface area contributed by atoms with Crippen molar-refractivity contribution in [3.8, 4) is 0 Å². The number of amides is 4. The van der Waals surface area contributed by atoms with Crippen molar-refractivity contribution < 1.29 is 48.9 Å². The number of rotatable bonds is 16. The molecule has 0 aliphatic carbocycles. The van der Waals surface area contributed by atoms with Gasteiger partial charge in [-0.1, -0.05) is 20.3 Å². The molecule has 5 atom stereocenters. The lowest BCUT2D eigenvalue weighted by atomic mass is 9.97. The Kier molecular flexibility index (Phi) is 12.8. The third-order valence-corrected chi connectivity index (χ3v) is 4.83. The van der Waals surface area contributed by atoms with Crippen molar-refractivity contribution in [3.05, 3.63) is 0 Å². The molecule has 5 unspecified atom stereocenters. The van der Waals surface area contributed by atoms with Crippen LogP contribution >= 0.6 is 0 Å². The molecule has 15 nitrogen and oxygen atoms in total. The minimum Gasteiger partial charge on any atom is -0.481 e. The molecule has 0 aromatic rings. The van der Waals surface area contributed by atoms with Gasteiger partial charge in [0.2, 0.25) is 23.6 Å². The topological polar surface area (TPSA) is 268 Å². The Morgan fingerprint density at radius 3 is 1.76 bits per heavy atom. The third kappa shape index (κ3) is 11.2. The zero-order valence-electron chi connectivity index (χ0n) is 18.8. The maximum Gasteiger partial charge on any atom is 0.326 e. The molecule has 0 aromatic carbocycles. The largest absolute Gasteiger partial charge is 0.481 e. The summed E-state index contributed by atoms with van der Waals surface area (Å²) in [5.41, 5.74) is 10.6. The molecular formula is C19H31N5O10. The van der Waals surface area contributed by atoms with Gasteiger partial charge in [-0.3, -0.25) is 28.8 Å². The second kappa shape index (κ2) is 14.4. The highest BCUT2D eigenvalue weighted by Crippen LogP contribution is 2.10. The number of hydrogen-bond acceptors (Lipinski definition) is 8. The summed E-state index contributed by atoms with van der Waals surface area (Å²) in [6, 6.07) is -6.00. The average Bonchev–Trinajstić information content (AvgIpc) is 2.72. The predicted molar refractivity (Wildman–Crippen MR) is 114 cm³/mol. The molecule has 0 heterocycles. The first-order valence-corrected chi connectivity index (χ1v) is 10.3. The number of nitrogens with two attached hydrogens (primary N) is 2. The molecule has 0 saturated carbocycles. The van der Waals surface area contributed by atoms with E-state index in [2.05, 4.69) is 16.0 Å². The number of hydrogen-bond donors (Lipinski definition) is 8. The summed E-state index contributed by atoms with van der Waals surface area (Å²) in [6.07, 6.45) is -1.92. The SMILES string of the molecule is CCC(C)C(NC(=O)C(CCC(N)=O)NC(=O)C(N)CC(=O)O)C(=O)NC(CC(=O)O)C(=O)O. The molecule has 10 N–H and O–H groups in total. The Morgan fingerprint density at radius 1 is 0.794 bits per heavy atom. The van der Waals surface area contributed by atoms with Crippen LogP contribution in [-0.2, 0) is 33.6 Å². The van der Waals surface area contributed by atoms with Crippen molar-refractivity contribution in [2.75, 3.05) is 0 Å². The van der Waals surface area contributed by atoms with Crippen LogP contribution in [0.2, 0.25) is 0 Å². The van der Waals surface area contributed by atoms with Crippen molar-refractivity contribution in [2.45, 2.75) is 70.1 Å². The van der Waals surface area contributed by atoms with Crippen LogP contribution in [-0.4, -0.2) is 81.0 Å². The fourth-order valence-corrected chi connectivity index (χ4v) is 2.71. The summed E-state index contributed by atoms with van der Waals surface area (Å²) in [4.78, 5) is 81.7. The van der Waals surface area contributed by atoms with E-state index in [9.17, 15) is 33.6 Å². The minimum atomic E-state index is -1.76. The van der Waals surface area contributed by atoms with Crippen LogP contribution < -0.4 is 27.4 Å². The number of nitrogens with one attached hydrogen (secondary N) is 3. The standard InChI is InChI=1S/C19H31N5O10/c1-3-8(2)15(18(32)23-11(19(33)34)7-14(28)29)24-17(31)10(4-5-12(21)25)22-16(30)9(20)6-13(26)27/h8-11,15H,3-7,20H2,1-2H3,(H2,21,25)(H,22,30)(H,23,32)(H,24,31)(H,26,27)(H,28,29)(H,33,34). The van der Waals surface area contributed by atoms with E-state index >= 15 is 0 Å². The molecule has 192 valence electrons. The summed E-state index contributed by atoms with van der Waals surface area (Å²) in [5.74, 6) is -8.68. The van der Waals surface area contributed by atoms with Crippen molar-refractivity contribution in [2.24, 2.45) is 17.4 Å². The first kappa shape index (κ1) is 30.2. The summed E-state index contributed by atoms with van der Waals surface area (Å²) in [5, 5.41) is 33.4. The van der Waals surface area contributed by atoms with Gasteiger partial charge >= 0.3 is 17.9 Å². The Labute approximate surface area is 194 Å². The molecule has 0 saturated heterocycles. The molecular weight excluding hydrogens is 458 g/mol. The van der Waals surface area contributed by atoms with Gasteiger partial charge in [0.1, 0.15) is 18.1 Å². The van der Waals surface area contributed by atoms with Gasteiger partial charge < -0.3 is 42.7 Å². The van der Waals surface area contributed by atoms with Crippen LogP contribution in [0, 0.1) is 5.92 Å². The zero-order valence-corrected chi connectivity index (χ0v) is 18.8. The Morgan fingerprint density at radius 2 is 1.32 bits per heavy atom. The van der Waals surface area contributed by atoms with Crippen LogP contribution in [0.25, 0.3) is 0 Å². The second-order valence-electron chi connectivity index (χ2n) is 7.64. The smallest absolute Gasteiger partial charge is 0.326 e. The molecule has 15 heteroatoms. The highest BCUT2D eigenvalue weighted by Gasteiger charge is 2.33. The number of primary amides is 1. The van der Waals surface area contributed by atoms with E-state index < -0.39 is 84.5 Å². The lowest BCUT2D eigenvalue weighted by Gasteiger charge is -2.27. The van der Waals surface area contributed by atoms with E-state index in [4.69, 9.17) is 26.8 Å². The summed E-state index contributed by atoms with van der Waals surface area (Å²) < 4.78 is 0. The van der Waals surface area contributed by atoms with Crippen LogP contribution in [0.15, 0.2) is 0 Å². The van der Waals surface area contributed by atoms with Crippen LogP contribution in [0.4, 0.5) is 0 Å². The quantitative estimate of drug-likeness (QED) is 0.109. The first-order valence-electron chi connectivity index (χ1n) is 10.3. The lowest BCUT2D eigenvalue weighted by molar-refractivity contribution is -0.147. The Bertz CT molecular complexity index is 802. The lowest BCUT2D eigenvalue weighted by Crippen LogP contribution is -2.59. The second-order valence-corrected chi connectivity index (χ2v) is 7.64. The fraction of sp³-hybridized carbons (Fsp3) is 0.632. The Hall–Kier alpha value is -3.75. The highest BCUT2D eigenvalue weighted by atomic mass is 16.4. The van der Waals surface area contributed by atoms with Gasteiger partial charge in [0.05, 0.1) is 18.9 Å². The number of aliphatic carboxylic acids is 3. The molecule has 0 aromatic heterocycles. The van der Waals surface area contributed by atoms with Crippen molar-refractivity contribution in [1.82, 2.24) is 16.0 Å². The van der Waals surface area contributed by atoms with E-state index in [0.717, 1.165) is 0 Å². The van der Waals surface area contributed by atoms with Crippen molar-refractivity contribution in [1.29, 1.82) is 0 Å². The van der Waals surface area contributed by atoms with Gasteiger partial charge in [-0.15, -0.1) is 0 Å². The van der Waals surface area contributed by atoms with Crippen molar-refractivity contribution in [3.63, 3.8) is 0 Å². The van der Waals surface area contributed by atoms with E-state index in [1.807, 2.05) is 0 Å². The highest BCUT2D eigenvalue weighted by molar-refractivity contribution is 5.95. The summed E-state index contributed by atoms with van der Waals surface area (Å²) in [6.45, 7) is 3.25. The van der Waals surface area contributed by atoms with Gasteiger partial charge in [-0.2, -0.15) is 0 Å². The van der Waals surface area contributed by atoms with Crippen molar-refractivity contribution >= 4 is 41.5 Å². The number of carboxylic acids is 3. The van der Waals surface area contributed by atoms with Crippen LogP contribution in [0.1, 0.15) is 46.0 Å². The maximum atomic E-state index is 12.8. The molecule has 0 fully saturated rings. The molecule has 0 radical (unpaired) electrons. The van der Waals surface area contributed by atoms with Crippen LogP contribution in [0.3, 0.4) is 0 Å². The van der Waals surface area contributed by atoms with Gasteiger partial charge in [-0.05, 0) is 12.3 Å². The number of carboxylic acid groups (broad SMARTS) is 3. The van der Waals surface area contributed by atoms with E-state index in [1.54, 1.807) is 13.8 Å². The summed E-state index contributed by atoms with van der Waals surface area (Å²) in [7, 11) is 0. The predicted octanol–water partition coefficient (Wildman–Crippen LogP) is -2.89. The zero-order chi connectivity index (χ0) is 26.6. The van der Waals surface area contributed by atoms with E-state index in [-0.39, 0.29) is 12.8 Å². The molecule has 0 bridgehead atoms. The number of carbonyl (C=O) groups excluding carboxylic acids is 4. The first-order chi connectivity index (χ1) is 15.7. The van der Waals surface area contributed by atoms with Gasteiger partial charge in [0, 0.05) is 6.42 Å². The van der Waals surface area contributed by atoms with E-state index in [1.165, 1.54) is 0 Å². The Balaban J connectivity index is 5.65. The maximum absolute atomic E-state index is 12.8. The molecule has 34 heavy (non-hydrogen) atoms. The minimum absolute atomic E-state index is 0.293. The van der Waals surface area contributed by atoms with Gasteiger partial charge in [-0.25, -0.2) is 4.79 Å². The molecule has 0 spiro atoms. The molecule has 0 aliphatic rings. The third-order valence-electron chi connectivity index (χ3n) is 4.83. The normalized spacial score (nSPS) is 15.0. The monoisotopic (exact) mass is 489 g/mol. The van der Waals surface area contributed by atoms with Gasteiger partial charge in [0.15, 0.2) is 0 Å². The van der Waals surface area contributed by atoms with E-state index in [0.29, 0.717) is 6.42 Å². The molecule has 0 rings (SSSR count). The fourth-order valence-electron chi connectivity index (χ4n) is 2.71. The molecule has 4 amide bonds. The van der Waals surface area contributed by atoms with Crippen LogP contribution in [0.5, 0.6) is 0 Å². The number of carbonyl (C=O) groups is 7. The summed E-state index contributed by atoms with van der Waals surface area (Å²) >= 11 is 0. The van der Waals surface area contributed by atoms with Gasteiger partial charge in [0.25, 0.3) is 0 Å². The average molecular weight is 489 g/mol. The molecule has 0 aliphatic heterocycles.